The van der Waals surface area contributed by atoms with Crippen LogP contribution in [0.15, 0.2) is 18.2 Å². The fourth-order valence-corrected chi connectivity index (χ4v) is 3.79. The number of nitrogens with zero attached hydrogens (tertiary/aromatic N) is 1. The maximum atomic E-state index is 6.43. The Kier molecular flexibility index (Phi) is 3.48. The first kappa shape index (κ1) is 14.4. The van der Waals surface area contributed by atoms with Gasteiger partial charge in [-0.05, 0) is 31.6 Å². The van der Waals surface area contributed by atoms with Crippen LogP contribution in [0, 0.1) is 5.92 Å². The summed E-state index contributed by atoms with van der Waals surface area (Å²) in [7, 11) is 1.68. The van der Waals surface area contributed by atoms with Crippen molar-refractivity contribution in [2.24, 2.45) is 5.92 Å². The second-order valence-electron chi connectivity index (χ2n) is 5.90. The van der Waals surface area contributed by atoms with Gasteiger partial charge in [0.05, 0.1) is 13.2 Å². The molecule has 2 bridgehead atoms. The lowest BCUT2D eigenvalue weighted by Crippen LogP contribution is -2.68. The van der Waals surface area contributed by atoms with Crippen molar-refractivity contribution in [2.75, 3.05) is 13.7 Å². The lowest BCUT2D eigenvalue weighted by atomic mass is 9.80. The van der Waals surface area contributed by atoms with Gasteiger partial charge in [-0.25, -0.2) is 0 Å². The number of benzene rings is 1. The molecular weight excluding hydrogens is 284 g/mol. The number of hydrogen-bond donors (Lipinski definition) is 1. The normalized spacial score (nSPS) is 30.3. The summed E-state index contributed by atoms with van der Waals surface area (Å²) in [6, 6.07) is 6.19. The number of para-hydroxylation sites is 1. The van der Waals surface area contributed by atoms with Crippen molar-refractivity contribution in [3.8, 4) is 11.5 Å². The first-order valence-corrected chi connectivity index (χ1v) is 7.87. The highest BCUT2D eigenvalue weighted by atomic mass is 32.1. The molecule has 0 saturated carbocycles. The third-order valence-corrected chi connectivity index (χ3v) is 5.06. The molecule has 3 rings (SSSR count). The van der Waals surface area contributed by atoms with Gasteiger partial charge in [0, 0.05) is 18.0 Å². The Balaban J connectivity index is 2.12. The van der Waals surface area contributed by atoms with E-state index in [0.717, 1.165) is 35.1 Å². The quantitative estimate of drug-likeness (QED) is 0.868. The minimum atomic E-state index is -0.440. The predicted molar refractivity (Wildman–Crippen MR) is 86.7 cm³/mol. The van der Waals surface area contributed by atoms with E-state index in [-0.39, 0.29) is 12.0 Å². The number of rotatable bonds is 3. The van der Waals surface area contributed by atoms with Crippen LogP contribution in [0.4, 0.5) is 0 Å². The van der Waals surface area contributed by atoms with Crippen molar-refractivity contribution in [3.05, 3.63) is 23.8 Å². The van der Waals surface area contributed by atoms with Gasteiger partial charge in [-0.3, -0.25) is 0 Å². The van der Waals surface area contributed by atoms with Crippen LogP contribution in [-0.4, -0.2) is 29.4 Å². The summed E-state index contributed by atoms with van der Waals surface area (Å²) in [5, 5.41) is 4.26. The van der Waals surface area contributed by atoms with Gasteiger partial charge in [0.2, 0.25) is 0 Å². The van der Waals surface area contributed by atoms with Gasteiger partial charge >= 0.3 is 0 Å². The Labute approximate surface area is 131 Å². The Morgan fingerprint density at radius 3 is 2.90 bits per heavy atom. The molecule has 21 heavy (non-hydrogen) atoms. The zero-order chi connectivity index (χ0) is 15.2. The number of hydrogen-bond acceptors (Lipinski definition) is 3. The fourth-order valence-electron chi connectivity index (χ4n) is 3.39. The maximum absolute atomic E-state index is 6.43. The molecule has 5 heteroatoms. The van der Waals surface area contributed by atoms with E-state index in [9.17, 15) is 0 Å². The summed E-state index contributed by atoms with van der Waals surface area (Å²) in [4.78, 5) is 2.17. The average Bonchev–Trinajstić information content (AvgIpc) is 2.47. The van der Waals surface area contributed by atoms with Crippen LogP contribution in [0.3, 0.4) is 0 Å². The minimum Gasteiger partial charge on any atom is -0.493 e. The molecule has 0 spiro atoms. The first-order valence-electron chi connectivity index (χ1n) is 7.47. The highest BCUT2D eigenvalue weighted by molar-refractivity contribution is 7.80. The monoisotopic (exact) mass is 306 g/mol. The van der Waals surface area contributed by atoms with Gasteiger partial charge in [-0.2, -0.15) is 0 Å². The zero-order valence-corrected chi connectivity index (χ0v) is 13.8. The van der Waals surface area contributed by atoms with E-state index in [4.69, 9.17) is 21.7 Å². The molecule has 1 saturated heterocycles. The van der Waals surface area contributed by atoms with E-state index < -0.39 is 5.72 Å². The van der Waals surface area contributed by atoms with Gasteiger partial charge in [0.15, 0.2) is 22.3 Å². The molecular formula is C16H22N2O2S. The lowest BCUT2D eigenvalue weighted by Gasteiger charge is -2.56. The number of fused-ring (bicyclic) bond motifs is 4. The van der Waals surface area contributed by atoms with Gasteiger partial charge in [0.1, 0.15) is 0 Å². The molecule has 3 atom stereocenters. The Morgan fingerprint density at radius 2 is 2.24 bits per heavy atom. The van der Waals surface area contributed by atoms with E-state index in [2.05, 4.69) is 37.1 Å². The van der Waals surface area contributed by atoms with Gasteiger partial charge in [0.25, 0.3) is 0 Å². The van der Waals surface area contributed by atoms with Crippen LogP contribution in [0.25, 0.3) is 0 Å². The number of thiocarbonyl (C=S) groups is 1. The average molecular weight is 306 g/mol. The smallest absolute Gasteiger partial charge is 0.187 e. The van der Waals surface area contributed by atoms with Gasteiger partial charge < -0.3 is 19.7 Å². The molecule has 1 N–H and O–H groups in total. The Hall–Kier alpha value is -1.49. The molecule has 3 unspecified atom stereocenters. The highest BCUT2D eigenvalue weighted by Crippen LogP contribution is 2.50. The third kappa shape index (κ3) is 1.98. The fraction of sp³-hybridized carbons (Fsp3) is 0.562. The van der Waals surface area contributed by atoms with E-state index in [0.29, 0.717) is 0 Å². The minimum absolute atomic E-state index is 0.162. The summed E-state index contributed by atoms with van der Waals surface area (Å²) < 4.78 is 11.9. The number of nitrogens with one attached hydrogen (secondary N) is 1. The Morgan fingerprint density at radius 1 is 1.48 bits per heavy atom. The molecule has 1 fully saturated rings. The largest absolute Gasteiger partial charge is 0.493 e. The van der Waals surface area contributed by atoms with Crippen LogP contribution in [0.2, 0.25) is 0 Å². The molecule has 2 aliphatic rings. The lowest BCUT2D eigenvalue weighted by molar-refractivity contribution is -0.111. The molecule has 0 radical (unpaired) electrons. The summed E-state index contributed by atoms with van der Waals surface area (Å²) in [6.45, 7) is 7.37. The topological polar surface area (TPSA) is 33.7 Å². The zero-order valence-electron chi connectivity index (χ0n) is 13.0. The summed E-state index contributed by atoms with van der Waals surface area (Å²) in [5.74, 6) is 1.90. The predicted octanol–water partition coefficient (Wildman–Crippen LogP) is 3.08. The molecule has 0 aliphatic carbocycles. The van der Waals surface area contributed by atoms with Crippen molar-refractivity contribution < 1.29 is 9.47 Å². The summed E-state index contributed by atoms with van der Waals surface area (Å²) in [5.41, 5.74) is 0.683. The number of ether oxygens (including phenoxy) is 2. The first-order chi connectivity index (χ1) is 10.0. The van der Waals surface area contributed by atoms with Crippen molar-refractivity contribution in [1.82, 2.24) is 10.2 Å². The van der Waals surface area contributed by atoms with Crippen molar-refractivity contribution in [2.45, 2.75) is 39.0 Å². The van der Waals surface area contributed by atoms with Gasteiger partial charge in [-0.1, -0.05) is 26.0 Å². The van der Waals surface area contributed by atoms with Gasteiger partial charge in [-0.15, -0.1) is 0 Å². The van der Waals surface area contributed by atoms with E-state index in [1.807, 2.05) is 12.1 Å². The SMILES string of the molecule is CCCN1C(=S)NC2c3cccc(OC)c3OC1(C)C2C. The van der Waals surface area contributed by atoms with E-state index >= 15 is 0 Å². The summed E-state index contributed by atoms with van der Waals surface area (Å²) in [6.07, 6.45) is 1.02. The molecule has 114 valence electrons. The molecule has 4 nitrogen and oxygen atoms in total. The maximum Gasteiger partial charge on any atom is 0.187 e. The highest BCUT2D eigenvalue weighted by Gasteiger charge is 2.53. The summed E-state index contributed by atoms with van der Waals surface area (Å²) >= 11 is 5.57. The van der Waals surface area contributed by atoms with Crippen LogP contribution >= 0.6 is 12.2 Å². The molecule has 0 amide bonds. The van der Waals surface area contributed by atoms with Crippen molar-refractivity contribution in [3.63, 3.8) is 0 Å². The molecule has 2 aliphatic heterocycles. The molecule has 1 aromatic rings. The van der Waals surface area contributed by atoms with Crippen LogP contribution in [0.1, 0.15) is 38.8 Å². The van der Waals surface area contributed by atoms with Crippen molar-refractivity contribution in [1.29, 1.82) is 0 Å². The number of methoxy groups -OCH3 is 1. The Bertz CT molecular complexity index is 577. The second-order valence-corrected chi connectivity index (χ2v) is 6.29. The van der Waals surface area contributed by atoms with Crippen LogP contribution in [0.5, 0.6) is 11.5 Å². The standard InChI is InChI=1S/C16H22N2O2S/c1-5-9-18-15(21)17-13-10(2)16(18,3)20-14-11(13)7-6-8-12(14)19-4/h6-8,10,13H,5,9H2,1-4H3,(H,17,21). The van der Waals surface area contributed by atoms with Crippen molar-refractivity contribution >= 4 is 17.3 Å². The molecule has 2 heterocycles. The molecule has 1 aromatic carbocycles. The van der Waals surface area contributed by atoms with Crippen LogP contribution in [-0.2, 0) is 0 Å². The second kappa shape index (κ2) is 5.05. The van der Waals surface area contributed by atoms with E-state index in [1.54, 1.807) is 7.11 Å². The molecule has 0 aromatic heterocycles. The van der Waals surface area contributed by atoms with Crippen LogP contribution < -0.4 is 14.8 Å². The third-order valence-electron chi connectivity index (χ3n) is 4.73. The van der Waals surface area contributed by atoms with E-state index in [1.165, 1.54) is 0 Å².